The summed E-state index contributed by atoms with van der Waals surface area (Å²) in [5, 5.41) is 0. The van der Waals surface area contributed by atoms with Crippen LogP contribution in [0.4, 0.5) is 4.79 Å². The Morgan fingerprint density at radius 2 is 2.13 bits per heavy atom. The highest BCUT2D eigenvalue weighted by Crippen LogP contribution is 2.20. The lowest BCUT2D eigenvalue weighted by atomic mass is 10.2. The summed E-state index contributed by atoms with van der Waals surface area (Å²) >= 11 is 3.37. The van der Waals surface area contributed by atoms with Crippen LogP contribution in [0, 0.1) is 0 Å². The third-order valence-electron chi connectivity index (χ3n) is 2.10. The molecular weight excluding hydrogens is 258 g/mol. The number of hydrogen-bond donors (Lipinski definition) is 0. The molecule has 3 nitrogen and oxygen atoms in total. The van der Waals surface area contributed by atoms with E-state index in [1.165, 1.54) is 0 Å². The van der Waals surface area contributed by atoms with E-state index in [2.05, 4.69) is 15.9 Å². The van der Waals surface area contributed by atoms with Gasteiger partial charge in [0, 0.05) is 0 Å². The number of carbonyl (C=O) groups excluding carboxylic acids is 1. The second-order valence-corrected chi connectivity index (χ2v) is 3.96. The molecule has 1 aromatic carbocycles. The monoisotopic (exact) mass is 267 g/mol. The van der Waals surface area contributed by atoms with E-state index >= 15 is 0 Å². The van der Waals surface area contributed by atoms with Crippen LogP contribution in [0.1, 0.15) is 5.56 Å². The van der Waals surface area contributed by atoms with Gasteiger partial charge < -0.3 is 4.74 Å². The zero-order valence-electron chi connectivity index (χ0n) is 8.02. The number of halogens is 1. The zero-order valence-corrected chi connectivity index (χ0v) is 9.61. The van der Waals surface area contributed by atoms with E-state index < -0.39 is 0 Å². The maximum atomic E-state index is 11.2. The third-order valence-corrected chi connectivity index (χ3v) is 2.76. The van der Waals surface area contributed by atoms with E-state index in [-0.39, 0.29) is 6.09 Å². The quantitative estimate of drug-likeness (QED) is 0.772. The number of nitrogens with zero attached hydrogens (tertiary/aromatic N) is 1. The summed E-state index contributed by atoms with van der Waals surface area (Å²) in [6.07, 6.45) is 1.60. The smallest absolute Gasteiger partial charge is 0.414 e. The summed E-state index contributed by atoms with van der Waals surface area (Å²) in [4.78, 5) is 12.8. The molecule has 1 fully saturated rings. The van der Waals surface area contributed by atoms with Gasteiger partial charge in [0.1, 0.15) is 6.61 Å². The van der Waals surface area contributed by atoms with Crippen LogP contribution in [0.3, 0.4) is 0 Å². The molecule has 0 radical (unpaired) electrons. The molecule has 0 aliphatic carbocycles. The fourth-order valence-corrected chi connectivity index (χ4v) is 1.94. The molecule has 0 saturated carbocycles. The van der Waals surface area contributed by atoms with Gasteiger partial charge in [0.05, 0.1) is 11.2 Å². The second kappa shape index (κ2) is 4.49. The summed E-state index contributed by atoms with van der Waals surface area (Å²) in [6.45, 7) is 1.05. The van der Waals surface area contributed by atoms with Crippen molar-refractivity contribution in [2.75, 3.05) is 13.2 Å². The van der Waals surface area contributed by atoms with Crippen LogP contribution in [-0.2, 0) is 4.74 Å². The number of carbonyl (C=O) groups is 1. The van der Waals surface area contributed by atoms with Crippen LogP contribution < -0.4 is 0 Å². The third kappa shape index (κ3) is 2.39. The SMILES string of the molecule is O=C1OCCN1/C(Br)=C\c1ccccc1. The van der Waals surface area contributed by atoms with Crippen molar-refractivity contribution in [3.8, 4) is 0 Å². The van der Waals surface area contributed by atoms with Crippen LogP contribution >= 0.6 is 15.9 Å². The maximum Gasteiger partial charge on any atom is 0.414 e. The van der Waals surface area contributed by atoms with E-state index in [0.29, 0.717) is 13.2 Å². The molecule has 2 rings (SSSR count). The van der Waals surface area contributed by atoms with E-state index in [0.717, 1.165) is 10.2 Å². The van der Waals surface area contributed by atoms with Crippen molar-refractivity contribution in [1.82, 2.24) is 4.90 Å². The summed E-state index contributed by atoms with van der Waals surface area (Å²) in [5.41, 5.74) is 1.05. The van der Waals surface area contributed by atoms with E-state index in [1.54, 1.807) is 4.90 Å². The average Bonchev–Trinajstić information content (AvgIpc) is 2.66. The number of hydrogen-bond acceptors (Lipinski definition) is 2. The predicted octanol–water partition coefficient (Wildman–Crippen LogP) is 2.83. The molecule has 1 aliphatic rings. The number of benzene rings is 1. The van der Waals surface area contributed by atoms with Gasteiger partial charge >= 0.3 is 6.09 Å². The van der Waals surface area contributed by atoms with Crippen molar-refractivity contribution in [2.45, 2.75) is 0 Å². The minimum absolute atomic E-state index is 0.297. The first-order valence-electron chi connectivity index (χ1n) is 4.64. The zero-order chi connectivity index (χ0) is 10.7. The van der Waals surface area contributed by atoms with Gasteiger partial charge in [-0.3, -0.25) is 4.90 Å². The molecule has 0 N–H and O–H groups in total. The van der Waals surface area contributed by atoms with Crippen LogP contribution in [0.15, 0.2) is 34.9 Å². The van der Waals surface area contributed by atoms with Crippen LogP contribution in [0.2, 0.25) is 0 Å². The minimum Gasteiger partial charge on any atom is -0.447 e. The Hall–Kier alpha value is -1.29. The van der Waals surface area contributed by atoms with Gasteiger partial charge in [0.25, 0.3) is 0 Å². The fourth-order valence-electron chi connectivity index (χ4n) is 1.35. The van der Waals surface area contributed by atoms with Crippen LogP contribution in [0.5, 0.6) is 0 Å². The highest BCUT2D eigenvalue weighted by molar-refractivity contribution is 9.11. The summed E-state index contributed by atoms with van der Waals surface area (Å²) in [7, 11) is 0. The summed E-state index contributed by atoms with van der Waals surface area (Å²) in [5.74, 6) is 0. The van der Waals surface area contributed by atoms with Gasteiger partial charge in [-0.15, -0.1) is 0 Å². The lowest BCUT2D eigenvalue weighted by molar-refractivity contribution is 0.166. The van der Waals surface area contributed by atoms with Crippen LogP contribution in [0.25, 0.3) is 6.08 Å². The normalized spacial score (nSPS) is 16.7. The van der Waals surface area contributed by atoms with Crippen molar-refractivity contribution in [2.24, 2.45) is 0 Å². The van der Waals surface area contributed by atoms with Crippen molar-refractivity contribution in [1.29, 1.82) is 0 Å². The molecule has 0 spiro atoms. The van der Waals surface area contributed by atoms with E-state index in [4.69, 9.17) is 4.74 Å². The van der Waals surface area contributed by atoms with Crippen molar-refractivity contribution < 1.29 is 9.53 Å². The first kappa shape index (κ1) is 10.2. The van der Waals surface area contributed by atoms with Gasteiger partial charge in [-0.2, -0.15) is 0 Å². The molecule has 78 valence electrons. The van der Waals surface area contributed by atoms with E-state index in [1.807, 2.05) is 36.4 Å². The van der Waals surface area contributed by atoms with Crippen molar-refractivity contribution in [3.63, 3.8) is 0 Å². The molecule has 0 bridgehead atoms. The highest BCUT2D eigenvalue weighted by Gasteiger charge is 2.23. The van der Waals surface area contributed by atoms with Gasteiger partial charge in [0.15, 0.2) is 0 Å². The molecule has 1 amide bonds. The molecule has 0 atom stereocenters. The molecule has 1 saturated heterocycles. The first-order chi connectivity index (χ1) is 7.27. The maximum absolute atomic E-state index is 11.2. The van der Waals surface area contributed by atoms with Crippen LogP contribution in [-0.4, -0.2) is 24.1 Å². The topological polar surface area (TPSA) is 29.5 Å². The number of cyclic esters (lactones) is 1. The Kier molecular flexibility index (Phi) is 3.06. The van der Waals surface area contributed by atoms with Crippen molar-refractivity contribution >= 4 is 28.1 Å². The lowest BCUT2D eigenvalue weighted by Gasteiger charge is -2.10. The van der Waals surface area contributed by atoms with Crippen molar-refractivity contribution in [3.05, 3.63) is 40.5 Å². The molecule has 4 heteroatoms. The fraction of sp³-hybridized carbons (Fsp3) is 0.182. The molecule has 1 aliphatic heterocycles. The van der Waals surface area contributed by atoms with Gasteiger partial charge in [-0.05, 0) is 27.6 Å². The summed E-state index contributed by atoms with van der Waals surface area (Å²) < 4.78 is 5.57. The number of rotatable bonds is 2. The Bertz CT molecular complexity index is 389. The standard InChI is InChI=1S/C11H10BrNO2/c12-10(13-6-7-15-11(13)14)8-9-4-2-1-3-5-9/h1-5,8H,6-7H2/b10-8-. The molecule has 0 unspecified atom stereocenters. The molecule has 1 aromatic rings. The molecule has 1 heterocycles. The summed E-state index contributed by atoms with van der Waals surface area (Å²) in [6, 6.07) is 9.81. The van der Waals surface area contributed by atoms with E-state index in [9.17, 15) is 4.79 Å². The Balaban J connectivity index is 2.17. The van der Waals surface area contributed by atoms with Gasteiger partial charge in [-0.1, -0.05) is 30.3 Å². The Morgan fingerprint density at radius 3 is 2.73 bits per heavy atom. The number of amides is 1. The molecular formula is C11H10BrNO2. The minimum atomic E-state index is -0.297. The number of ether oxygens (including phenoxy) is 1. The molecule has 15 heavy (non-hydrogen) atoms. The Morgan fingerprint density at radius 1 is 1.40 bits per heavy atom. The predicted molar refractivity (Wildman–Crippen MR) is 61.4 cm³/mol. The molecule has 0 aromatic heterocycles. The van der Waals surface area contributed by atoms with Gasteiger partial charge in [-0.25, -0.2) is 4.79 Å². The van der Waals surface area contributed by atoms with Gasteiger partial charge in [0.2, 0.25) is 0 Å². The second-order valence-electron chi connectivity index (χ2n) is 3.14. The average molecular weight is 268 g/mol. The lowest BCUT2D eigenvalue weighted by Crippen LogP contribution is -2.20. The first-order valence-corrected chi connectivity index (χ1v) is 5.43. The Labute approximate surface area is 96.5 Å². The largest absolute Gasteiger partial charge is 0.447 e. The highest BCUT2D eigenvalue weighted by atomic mass is 79.9.